The van der Waals surface area contributed by atoms with Crippen molar-refractivity contribution in [3.8, 4) is 156 Å². The van der Waals surface area contributed by atoms with Gasteiger partial charge >= 0.3 is 0 Å². The summed E-state index contributed by atoms with van der Waals surface area (Å²) in [7, 11) is 0. The maximum atomic E-state index is 5.39. The van der Waals surface area contributed by atoms with Crippen LogP contribution in [0.3, 0.4) is 0 Å². The van der Waals surface area contributed by atoms with Gasteiger partial charge in [-0.15, -0.1) is 22.7 Å². The van der Waals surface area contributed by atoms with Crippen LogP contribution >= 0.6 is 22.7 Å². The highest BCUT2D eigenvalue weighted by atomic mass is 32.1. The molecular formula is C108H68N8S2. The number of para-hydroxylation sites is 2. The van der Waals surface area contributed by atoms with Crippen molar-refractivity contribution in [3.63, 3.8) is 0 Å². The number of thiophene rings is 2. The summed E-state index contributed by atoms with van der Waals surface area (Å²) in [4.78, 5) is 42.9. The van der Waals surface area contributed by atoms with Gasteiger partial charge in [0.05, 0.1) is 22.4 Å². The van der Waals surface area contributed by atoms with Crippen molar-refractivity contribution in [2.75, 3.05) is 0 Å². The fraction of sp³-hybridized carbons (Fsp3) is 0. The molecule has 0 radical (unpaired) electrons. The van der Waals surface area contributed by atoms with Gasteiger partial charge in [-0.2, -0.15) is 0 Å². The van der Waals surface area contributed by atoms with Gasteiger partial charge in [-0.1, -0.05) is 388 Å². The van der Waals surface area contributed by atoms with Crippen molar-refractivity contribution in [1.29, 1.82) is 0 Å². The quantitative estimate of drug-likeness (QED) is 0.106. The molecule has 0 aliphatic carbocycles. The molecule has 0 saturated heterocycles. The van der Waals surface area contributed by atoms with Gasteiger partial charge < -0.3 is 0 Å². The highest BCUT2D eigenvalue weighted by Crippen LogP contribution is 2.54. The highest BCUT2D eigenvalue weighted by molar-refractivity contribution is 7.24. The molecule has 0 bridgehead atoms. The summed E-state index contributed by atoms with van der Waals surface area (Å²) in [6, 6.07) is 144. The van der Waals surface area contributed by atoms with E-state index in [1.165, 1.54) is 84.7 Å². The average molecular weight is 1540 g/mol. The largest absolute Gasteiger partial charge is 0.247 e. The molecule has 0 aliphatic heterocycles. The van der Waals surface area contributed by atoms with E-state index in [4.69, 9.17) is 39.9 Å². The predicted octanol–water partition coefficient (Wildman–Crippen LogP) is 28.9. The Kier molecular flexibility index (Phi) is 18.5. The fourth-order valence-electron chi connectivity index (χ4n) is 16.2. The molecule has 0 amide bonds. The van der Waals surface area contributed by atoms with Crippen molar-refractivity contribution in [2.24, 2.45) is 0 Å². The number of fused-ring (bicyclic) bond motifs is 8. The van der Waals surface area contributed by atoms with Crippen LogP contribution in [0.5, 0.6) is 0 Å². The zero-order valence-electron chi connectivity index (χ0n) is 63.7. The molecule has 0 fully saturated rings. The molecule has 118 heavy (non-hydrogen) atoms. The van der Waals surface area contributed by atoms with Gasteiger partial charge in [0.1, 0.15) is 0 Å². The van der Waals surface area contributed by atoms with Gasteiger partial charge in [-0.25, -0.2) is 39.9 Å². The smallest absolute Gasteiger partial charge is 0.164 e. The topological polar surface area (TPSA) is 103 Å². The lowest BCUT2D eigenvalue weighted by Gasteiger charge is -2.13. The minimum absolute atomic E-state index is 0.631. The standard InChI is InChI=1S/2C54H34N4S/c1-4-18-36(19-5-1)49-48-47(44-31-16-24-35-17-10-11-29-43(35)44)50(59-51(48)45-30-12-13-32-46(45)55-49)41-27-14-25-39(33-41)40-26-15-28-42(34-40)54-57-52(37-20-6-2-7-21-37)56-53(58-54)38-22-8-3-9-23-38;1-4-16-38(17-5-1)49-48-47(44-25-14-22-37-15-10-11-23-43(37)44)50(59-51(48)45-24-12-13-26-46(45)55-49)39-31-27-35(28-32-39)36-29-33-42(34-30-36)54-57-52(40-18-6-2-7-19-40)56-53(58-54)41-20-8-3-9-21-41/h2*1-34H. The third kappa shape index (κ3) is 13.5. The maximum absolute atomic E-state index is 5.39. The lowest BCUT2D eigenvalue weighted by molar-refractivity contribution is 1.07. The Morgan fingerprint density at radius 3 is 0.831 bits per heavy atom. The molecule has 22 aromatic rings. The first-order valence-electron chi connectivity index (χ1n) is 39.4. The zero-order valence-corrected chi connectivity index (χ0v) is 65.3. The molecule has 6 heterocycles. The molecule has 0 atom stereocenters. The first-order valence-corrected chi connectivity index (χ1v) is 41.1. The van der Waals surface area contributed by atoms with Crippen LogP contribution in [0.15, 0.2) is 413 Å². The molecule has 16 aromatic carbocycles. The number of nitrogens with zero attached hydrogens (tertiary/aromatic N) is 8. The second-order valence-electron chi connectivity index (χ2n) is 29.2. The molecule has 552 valence electrons. The van der Waals surface area contributed by atoms with E-state index in [0.29, 0.717) is 34.9 Å². The summed E-state index contributed by atoms with van der Waals surface area (Å²) < 4.78 is 2.48. The van der Waals surface area contributed by atoms with E-state index in [0.717, 1.165) is 100 Å². The number of hydrogen-bond acceptors (Lipinski definition) is 10. The Hall–Kier alpha value is -15.2. The maximum Gasteiger partial charge on any atom is 0.164 e. The molecule has 0 N–H and O–H groups in total. The second-order valence-corrected chi connectivity index (χ2v) is 31.2. The van der Waals surface area contributed by atoms with E-state index >= 15 is 0 Å². The van der Waals surface area contributed by atoms with E-state index in [1.807, 2.05) is 144 Å². The molecule has 10 heteroatoms. The van der Waals surface area contributed by atoms with Gasteiger partial charge in [-0.3, -0.25) is 0 Å². The summed E-state index contributed by atoms with van der Waals surface area (Å²) >= 11 is 3.71. The molecule has 0 aliphatic rings. The Balaban J connectivity index is 0.000000147. The number of benzene rings is 16. The molecule has 0 spiro atoms. The zero-order chi connectivity index (χ0) is 78.2. The Bertz CT molecular complexity index is 7390. The van der Waals surface area contributed by atoms with E-state index in [1.54, 1.807) is 0 Å². The van der Waals surface area contributed by atoms with Crippen molar-refractivity contribution < 1.29 is 0 Å². The summed E-state index contributed by atoms with van der Waals surface area (Å²) in [5, 5.41) is 9.56. The normalized spacial score (nSPS) is 11.4. The molecule has 6 aromatic heterocycles. The number of hydrogen-bond donors (Lipinski definition) is 0. The molecule has 0 saturated carbocycles. The minimum atomic E-state index is 0.631. The summed E-state index contributed by atoms with van der Waals surface area (Å²) in [5.74, 6) is 3.86. The summed E-state index contributed by atoms with van der Waals surface area (Å²) in [5.41, 5.74) is 23.5. The molecule has 22 rings (SSSR count). The van der Waals surface area contributed by atoms with Gasteiger partial charge in [0.15, 0.2) is 34.9 Å². The first-order chi connectivity index (χ1) is 58.5. The highest BCUT2D eigenvalue weighted by Gasteiger charge is 2.27. The van der Waals surface area contributed by atoms with Crippen LogP contribution in [-0.4, -0.2) is 39.9 Å². The molecule has 8 nitrogen and oxygen atoms in total. The Labute approximate surface area is 689 Å². The lowest BCUT2D eigenvalue weighted by Crippen LogP contribution is -2.00. The van der Waals surface area contributed by atoms with Gasteiger partial charge in [-0.05, 0) is 90.3 Å². The molecule has 0 unspecified atom stereocenters. The summed E-state index contributed by atoms with van der Waals surface area (Å²) in [6.45, 7) is 0. The van der Waals surface area contributed by atoms with Crippen LogP contribution in [0.1, 0.15) is 0 Å². The monoisotopic (exact) mass is 1540 g/mol. The fourth-order valence-corrected chi connectivity index (χ4v) is 18.9. The van der Waals surface area contributed by atoms with E-state index in [2.05, 4.69) is 291 Å². The minimum Gasteiger partial charge on any atom is -0.247 e. The van der Waals surface area contributed by atoms with Gasteiger partial charge in [0.25, 0.3) is 0 Å². The summed E-state index contributed by atoms with van der Waals surface area (Å²) in [6.07, 6.45) is 0. The van der Waals surface area contributed by atoms with Crippen molar-refractivity contribution in [2.45, 2.75) is 0 Å². The third-order valence-corrected chi connectivity index (χ3v) is 24.4. The second kappa shape index (κ2) is 31.0. The number of pyridine rings is 2. The van der Waals surface area contributed by atoms with Crippen LogP contribution in [0, 0.1) is 0 Å². The van der Waals surface area contributed by atoms with Crippen LogP contribution in [0.4, 0.5) is 0 Å². The predicted molar refractivity (Wildman–Crippen MR) is 492 cm³/mol. The van der Waals surface area contributed by atoms with Gasteiger partial charge in [0.2, 0.25) is 0 Å². The van der Waals surface area contributed by atoms with Crippen LogP contribution < -0.4 is 0 Å². The van der Waals surface area contributed by atoms with Crippen LogP contribution in [-0.2, 0) is 0 Å². The lowest BCUT2D eigenvalue weighted by atomic mass is 9.91. The van der Waals surface area contributed by atoms with Gasteiger partial charge in [0, 0.05) is 96.3 Å². The van der Waals surface area contributed by atoms with E-state index in [9.17, 15) is 0 Å². The van der Waals surface area contributed by atoms with Crippen molar-refractivity contribution in [3.05, 3.63) is 413 Å². The first kappa shape index (κ1) is 70.6. The third-order valence-electron chi connectivity index (χ3n) is 21.9. The Morgan fingerprint density at radius 2 is 0.432 bits per heavy atom. The Morgan fingerprint density at radius 1 is 0.169 bits per heavy atom. The van der Waals surface area contributed by atoms with E-state index in [-0.39, 0.29) is 0 Å². The number of aromatic nitrogens is 8. The SMILES string of the molecule is c1ccc(-c2nc(-c3ccccc3)nc(-c3ccc(-c4ccc(-c5sc6c(c(-c7ccccc7)nc7ccccc76)c5-c5cccc6ccccc56)cc4)cc3)n2)cc1.c1ccc(-c2nc(-c3ccccc3)nc(-c3cccc(-c4cccc(-c5sc6c(c(-c7ccccc7)nc7ccccc76)c5-c5cccc6ccccc56)c4)c3)n2)cc1. The average Bonchev–Trinajstić information content (AvgIpc) is 1.56. The van der Waals surface area contributed by atoms with Crippen molar-refractivity contribution >= 4 is 86.2 Å². The van der Waals surface area contributed by atoms with Crippen molar-refractivity contribution in [1.82, 2.24) is 39.9 Å². The van der Waals surface area contributed by atoms with Crippen LogP contribution in [0.2, 0.25) is 0 Å². The van der Waals surface area contributed by atoms with Crippen LogP contribution in [0.25, 0.3) is 220 Å². The number of rotatable bonds is 14. The van der Waals surface area contributed by atoms with E-state index < -0.39 is 0 Å². The molecular weight excluding hydrogens is 1470 g/mol.